The minimum absolute atomic E-state index is 0.0299. The molecule has 3 rings (SSSR count). The molecule has 0 fully saturated rings. The van der Waals surface area contributed by atoms with Gasteiger partial charge in [0.05, 0.1) is 5.60 Å². The van der Waals surface area contributed by atoms with E-state index in [4.69, 9.17) is 0 Å². The number of hydrogen-bond donors (Lipinski definition) is 1. The van der Waals surface area contributed by atoms with Crippen LogP contribution in [0, 0.1) is 5.41 Å². The molecule has 152 valence electrons. The van der Waals surface area contributed by atoms with Gasteiger partial charge in [0.2, 0.25) is 0 Å². The van der Waals surface area contributed by atoms with Crippen LogP contribution in [0.1, 0.15) is 68.8 Å². The van der Waals surface area contributed by atoms with Crippen molar-refractivity contribution in [3.63, 3.8) is 0 Å². The third kappa shape index (κ3) is 4.31. The number of aliphatic hydroxyl groups is 1. The van der Waals surface area contributed by atoms with E-state index in [0.717, 1.165) is 34.4 Å². The molecule has 0 saturated heterocycles. The van der Waals surface area contributed by atoms with Gasteiger partial charge >= 0.3 is 0 Å². The zero-order valence-electron chi connectivity index (χ0n) is 17.8. The Morgan fingerprint density at radius 3 is 2.61 bits per heavy atom. The van der Waals surface area contributed by atoms with Crippen molar-refractivity contribution in [2.75, 3.05) is 6.54 Å². The van der Waals surface area contributed by atoms with Crippen molar-refractivity contribution in [2.24, 2.45) is 5.41 Å². The van der Waals surface area contributed by atoms with Crippen molar-refractivity contribution < 1.29 is 9.90 Å². The van der Waals surface area contributed by atoms with Crippen LogP contribution in [0.15, 0.2) is 23.0 Å². The molecule has 1 aromatic heterocycles. The van der Waals surface area contributed by atoms with E-state index in [0.29, 0.717) is 10.9 Å². The van der Waals surface area contributed by atoms with Gasteiger partial charge in [0.25, 0.3) is 5.91 Å². The molecule has 28 heavy (non-hydrogen) atoms. The van der Waals surface area contributed by atoms with Crippen molar-refractivity contribution >= 4 is 27.3 Å². The number of nitrogens with zero attached hydrogens (tertiary/aromatic N) is 1. The summed E-state index contributed by atoms with van der Waals surface area (Å²) >= 11 is 1.65. The van der Waals surface area contributed by atoms with Gasteiger partial charge in [-0.2, -0.15) is 0 Å². The topological polar surface area (TPSA) is 57.6 Å². The molecule has 1 aliphatic rings. The summed E-state index contributed by atoms with van der Waals surface area (Å²) in [4.78, 5) is 28.9. The lowest BCUT2D eigenvalue weighted by Gasteiger charge is -2.32. The molecule has 0 aliphatic heterocycles. The molecule has 0 saturated carbocycles. The average Bonchev–Trinajstić information content (AvgIpc) is 2.56. The predicted molar refractivity (Wildman–Crippen MR) is 116 cm³/mol. The average molecular weight is 402 g/mol. The maximum absolute atomic E-state index is 13.1. The van der Waals surface area contributed by atoms with E-state index in [2.05, 4.69) is 13.8 Å². The van der Waals surface area contributed by atoms with Crippen LogP contribution in [0.25, 0.3) is 10.1 Å². The maximum Gasteiger partial charge on any atom is 0.254 e. The quantitative estimate of drug-likeness (QED) is 0.826. The van der Waals surface area contributed by atoms with E-state index >= 15 is 0 Å². The van der Waals surface area contributed by atoms with Crippen LogP contribution >= 0.6 is 11.3 Å². The van der Waals surface area contributed by atoms with Crippen LogP contribution in [-0.4, -0.2) is 34.1 Å². The Kier molecular flexibility index (Phi) is 5.45. The Labute approximate surface area is 171 Å². The Morgan fingerprint density at radius 1 is 1.32 bits per heavy atom. The van der Waals surface area contributed by atoms with Crippen LogP contribution in [0.5, 0.6) is 0 Å². The highest BCUT2D eigenvalue weighted by Gasteiger charge is 2.29. The van der Waals surface area contributed by atoms with Gasteiger partial charge in [-0.05, 0) is 70.6 Å². The van der Waals surface area contributed by atoms with Gasteiger partial charge in [-0.25, -0.2) is 0 Å². The van der Waals surface area contributed by atoms with E-state index in [1.54, 1.807) is 42.2 Å². The van der Waals surface area contributed by atoms with Crippen molar-refractivity contribution in [3.05, 3.63) is 44.4 Å². The predicted octanol–water partition coefficient (Wildman–Crippen LogP) is 4.40. The number of carbonyl (C=O) groups is 1. The Morgan fingerprint density at radius 2 is 2.00 bits per heavy atom. The van der Waals surface area contributed by atoms with Gasteiger partial charge in [0, 0.05) is 38.7 Å². The largest absolute Gasteiger partial charge is 0.389 e. The van der Waals surface area contributed by atoms with Crippen molar-refractivity contribution in [1.82, 2.24) is 4.90 Å². The summed E-state index contributed by atoms with van der Waals surface area (Å²) in [6, 6.07) is 5.37. The first-order chi connectivity index (χ1) is 12.9. The summed E-state index contributed by atoms with van der Waals surface area (Å²) in [6.07, 6.45) is 2.78. The smallest absolute Gasteiger partial charge is 0.254 e. The monoisotopic (exact) mass is 401 g/mol. The second-order valence-electron chi connectivity index (χ2n) is 9.72. The molecule has 1 heterocycles. The van der Waals surface area contributed by atoms with Crippen molar-refractivity contribution in [1.29, 1.82) is 0 Å². The van der Waals surface area contributed by atoms with E-state index < -0.39 is 5.60 Å². The third-order valence-corrected chi connectivity index (χ3v) is 6.64. The highest BCUT2D eigenvalue weighted by Crippen LogP contribution is 2.37. The number of carbonyl (C=O) groups excluding carboxylic acids is 1. The molecule has 5 heteroatoms. The molecular weight excluding hydrogens is 370 g/mol. The maximum atomic E-state index is 13.1. The van der Waals surface area contributed by atoms with Gasteiger partial charge in [-0.3, -0.25) is 9.59 Å². The lowest BCUT2D eigenvalue weighted by molar-refractivity contribution is 0.0222. The van der Waals surface area contributed by atoms with E-state index in [-0.39, 0.29) is 29.3 Å². The van der Waals surface area contributed by atoms with Crippen molar-refractivity contribution in [3.8, 4) is 0 Å². The van der Waals surface area contributed by atoms with Gasteiger partial charge in [-0.15, -0.1) is 11.3 Å². The molecule has 2 aromatic rings. The first kappa shape index (κ1) is 21.0. The molecule has 1 aliphatic carbocycles. The molecule has 0 unspecified atom stereocenters. The summed E-state index contributed by atoms with van der Waals surface area (Å²) in [5.41, 5.74) is 0.887. The zero-order valence-corrected chi connectivity index (χ0v) is 18.6. The molecule has 0 spiro atoms. The lowest BCUT2D eigenvalue weighted by atomic mass is 9.77. The minimum Gasteiger partial charge on any atom is -0.389 e. The van der Waals surface area contributed by atoms with Crippen LogP contribution < -0.4 is 5.43 Å². The molecule has 4 nitrogen and oxygen atoms in total. The third-order valence-electron chi connectivity index (χ3n) is 5.45. The van der Waals surface area contributed by atoms with Crippen molar-refractivity contribution in [2.45, 2.75) is 72.4 Å². The van der Waals surface area contributed by atoms with Gasteiger partial charge in [0.1, 0.15) is 0 Å². The zero-order chi connectivity index (χ0) is 20.9. The van der Waals surface area contributed by atoms with Gasteiger partial charge in [-0.1, -0.05) is 13.8 Å². The number of hydrogen-bond acceptors (Lipinski definition) is 4. The SMILES string of the molecule is CC(C)N(CC(C)(C)O)C(=O)c1ccc2c(=O)c3c(sc2c1)CC(C)(C)CC3. The summed E-state index contributed by atoms with van der Waals surface area (Å²) < 4.78 is 0.874. The van der Waals surface area contributed by atoms with Gasteiger partial charge in [0.15, 0.2) is 5.43 Å². The molecule has 1 aromatic carbocycles. The van der Waals surface area contributed by atoms with Crippen LogP contribution in [0.2, 0.25) is 0 Å². The normalized spacial score (nSPS) is 16.3. The summed E-state index contributed by atoms with van der Waals surface area (Å²) in [5, 5.41) is 10.9. The highest BCUT2D eigenvalue weighted by molar-refractivity contribution is 7.18. The molecule has 1 N–H and O–H groups in total. The Bertz CT molecular complexity index is 966. The van der Waals surface area contributed by atoms with Crippen LogP contribution in [0.3, 0.4) is 0 Å². The molecule has 1 amide bonds. The molecule has 0 atom stereocenters. The van der Waals surface area contributed by atoms with E-state index in [1.165, 1.54) is 0 Å². The number of amides is 1. The van der Waals surface area contributed by atoms with E-state index in [1.807, 2.05) is 19.9 Å². The summed E-state index contributed by atoms with van der Waals surface area (Å²) in [7, 11) is 0. The van der Waals surface area contributed by atoms with Crippen LogP contribution in [0.4, 0.5) is 0 Å². The number of fused-ring (bicyclic) bond motifs is 2. The highest BCUT2D eigenvalue weighted by atomic mass is 32.1. The summed E-state index contributed by atoms with van der Waals surface area (Å²) in [5.74, 6) is -0.114. The van der Waals surface area contributed by atoms with Crippen LogP contribution in [-0.2, 0) is 12.8 Å². The number of rotatable bonds is 4. The summed E-state index contributed by atoms with van der Waals surface area (Å²) in [6.45, 7) is 12.0. The van der Waals surface area contributed by atoms with E-state index in [9.17, 15) is 14.7 Å². The molecule has 0 radical (unpaired) electrons. The Balaban J connectivity index is 2.04. The Hall–Kier alpha value is -1.72. The molecular formula is C23H31NO3S. The van der Waals surface area contributed by atoms with Gasteiger partial charge < -0.3 is 10.0 Å². The standard InChI is InChI=1S/C23H31NO3S/c1-14(2)24(13-23(5,6)27)21(26)15-7-8-16-18(11-15)28-19-12-22(3,4)10-9-17(19)20(16)25/h7-8,11,14,27H,9-10,12-13H2,1-6H3. The fourth-order valence-electron chi connectivity index (χ4n) is 3.86. The first-order valence-electron chi connectivity index (χ1n) is 10.00. The minimum atomic E-state index is -0.966. The fraction of sp³-hybridized carbons (Fsp3) is 0.565. The second kappa shape index (κ2) is 7.27. The first-order valence-corrected chi connectivity index (χ1v) is 10.8. The lowest BCUT2D eigenvalue weighted by Crippen LogP contribution is -2.45. The number of benzene rings is 1. The second-order valence-corrected chi connectivity index (χ2v) is 10.9. The fourth-order valence-corrected chi connectivity index (χ4v) is 5.37. The molecule has 0 bridgehead atoms.